The number of methoxy groups -OCH3 is 1. The molecule has 3 aromatic heterocycles. The van der Waals surface area contributed by atoms with Crippen LogP contribution in [-0.2, 0) is 6.54 Å². The number of aryl methyl sites for hydroxylation is 1. The zero-order valence-electron chi connectivity index (χ0n) is 12.0. The normalized spacial score (nSPS) is 12.8. The number of rotatable bonds is 4. The predicted molar refractivity (Wildman–Crippen MR) is 84.3 cm³/mol. The lowest BCUT2D eigenvalue weighted by Gasteiger charge is -2.09. The Labute approximate surface area is 131 Å². The first-order valence-electron chi connectivity index (χ1n) is 6.52. The van der Waals surface area contributed by atoms with Crippen molar-refractivity contribution in [2.45, 2.75) is 25.8 Å². The van der Waals surface area contributed by atoms with Crippen LogP contribution >= 0.6 is 22.9 Å². The molecule has 3 aromatic rings. The maximum atomic E-state index is 6.29. The highest BCUT2D eigenvalue weighted by Crippen LogP contribution is 2.29. The number of nitrogens with zero attached hydrogens (tertiary/aromatic N) is 4. The summed E-state index contributed by atoms with van der Waals surface area (Å²) in [4.78, 5) is 13.0. The van der Waals surface area contributed by atoms with Gasteiger partial charge in [-0.15, -0.1) is 11.6 Å². The molecule has 0 fully saturated rings. The summed E-state index contributed by atoms with van der Waals surface area (Å²) in [5.41, 5.74) is 3.90. The maximum absolute atomic E-state index is 6.29. The highest BCUT2D eigenvalue weighted by molar-refractivity contribution is 7.08. The first-order valence-corrected chi connectivity index (χ1v) is 7.90. The maximum Gasteiger partial charge on any atom is 0.245 e. The van der Waals surface area contributed by atoms with Gasteiger partial charge >= 0.3 is 0 Å². The Hall–Kier alpha value is -1.66. The van der Waals surface area contributed by atoms with Gasteiger partial charge in [-0.2, -0.15) is 16.3 Å². The highest BCUT2D eigenvalue weighted by Gasteiger charge is 2.20. The number of fused-ring (bicyclic) bond motifs is 1. The van der Waals surface area contributed by atoms with E-state index < -0.39 is 0 Å². The van der Waals surface area contributed by atoms with Gasteiger partial charge in [-0.1, -0.05) is 0 Å². The minimum absolute atomic E-state index is 0.220. The second-order valence-electron chi connectivity index (χ2n) is 4.81. The summed E-state index contributed by atoms with van der Waals surface area (Å²) in [5, 5.41) is 4.05. The Bertz CT molecular complexity index is 780. The van der Waals surface area contributed by atoms with Crippen molar-refractivity contribution in [1.29, 1.82) is 0 Å². The van der Waals surface area contributed by atoms with E-state index in [9.17, 15) is 0 Å². The van der Waals surface area contributed by atoms with Gasteiger partial charge in [0.2, 0.25) is 5.88 Å². The van der Waals surface area contributed by atoms with Crippen LogP contribution in [0.2, 0.25) is 0 Å². The van der Waals surface area contributed by atoms with Crippen molar-refractivity contribution in [2.75, 3.05) is 7.11 Å². The van der Waals surface area contributed by atoms with Crippen LogP contribution in [0.1, 0.15) is 29.3 Å². The molecular weight excluding hydrogens is 308 g/mol. The average Bonchev–Trinajstić information content (AvgIpc) is 3.04. The molecule has 0 spiro atoms. The third-order valence-electron chi connectivity index (χ3n) is 3.37. The van der Waals surface area contributed by atoms with Crippen LogP contribution in [0.15, 0.2) is 17.1 Å². The molecule has 0 aliphatic heterocycles. The summed E-state index contributed by atoms with van der Waals surface area (Å²) < 4.78 is 7.30. The van der Waals surface area contributed by atoms with E-state index in [4.69, 9.17) is 16.3 Å². The van der Waals surface area contributed by atoms with E-state index in [-0.39, 0.29) is 5.38 Å². The van der Waals surface area contributed by atoms with Crippen molar-refractivity contribution in [3.63, 3.8) is 0 Å². The second kappa shape index (κ2) is 5.61. The monoisotopic (exact) mass is 322 g/mol. The van der Waals surface area contributed by atoms with Crippen LogP contribution in [0.4, 0.5) is 0 Å². The third kappa shape index (κ3) is 2.49. The molecule has 1 unspecified atom stereocenters. The van der Waals surface area contributed by atoms with Crippen LogP contribution in [0.5, 0.6) is 5.88 Å². The molecule has 0 aromatic carbocycles. The zero-order chi connectivity index (χ0) is 15.0. The SMILES string of the molecule is COc1ncnc2c1nc(C(C)Cl)n2Cc1cscc1C. The van der Waals surface area contributed by atoms with E-state index in [1.807, 2.05) is 11.5 Å². The van der Waals surface area contributed by atoms with Crippen LogP contribution in [0.25, 0.3) is 11.2 Å². The van der Waals surface area contributed by atoms with E-state index in [2.05, 4.69) is 32.6 Å². The van der Waals surface area contributed by atoms with Crippen molar-refractivity contribution < 1.29 is 4.74 Å². The standard InChI is InChI=1S/C14H15ClN4OS/c1-8-5-21-6-10(8)4-19-12(9(2)15)18-11-13(19)16-7-17-14(11)20-3/h5-7,9H,4H2,1-3H3. The second-order valence-corrected chi connectivity index (χ2v) is 6.21. The number of alkyl halides is 1. The van der Waals surface area contributed by atoms with Gasteiger partial charge < -0.3 is 9.30 Å². The Morgan fingerprint density at radius 2 is 2.19 bits per heavy atom. The van der Waals surface area contributed by atoms with Gasteiger partial charge in [0.15, 0.2) is 11.2 Å². The molecule has 0 bridgehead atoms. The summed E-state index contributed by atoms with van der Waals surface area (Å²) in [7, 11) is 1.58. The predicted octanol–water partition coefficient (Wildman–Crippen LogP) is 3.55. The lowest BCUT2D eigenvalue weighted by Crippen LogP contribution is -2.06. The number of ether oxygens (including phenoxy) is 1. The van der Waals surface area contributed by atoms with Crippen molar-refractivity contribution in [2.24, 2.45) is 0 Å². The number of hydrogen-bond acceptors (Lipinski definition) is 5. The molecule has 5 nitrogen and oxygen atoms in total. The van der Waals surface area contributed by atoms with Gasteiger partial charge in [-0.05, 0) is 35.7 Å². The van der Waals surface area contributed by atoms with Gasteiger partial charge in [-0.3, -0.25) is 0 Å². The summed E-state index contributed by atoms with van der Waals surface area (Å²) in [6.45, 7) is 4.70. The summed E-state index contributed by atoms with van der Waals surface area (Å²) in [6.07, 6.45) is 1.49. The first-order chi connectivity index (χ1) is 10.1. The molecular formula is C14H15ClN4OS. The molecule has 0 saturated heterocycles. The highest BCUT2D eigenvalue weighted by atomic mass is 35.5. The molecule has 110 valence electrons. The van der Waals surface area contributed by atoms with E-state index in [0.29, 0.717) is 17.9 Å². The van der Waals surface area contributed by atoms with Crippen LogP contribution in [0, 0.1) is 6.92 Å². The van der Waals surface area contributed by atoms with Crippen LogP contribution in [0.3, 0.4) is 0 Å². The number of imidazole rings is 1. The molecule has 21 heavy (non-hydrogen) atoms. The van der Waals surface area contributed by atoms with E-state index in [0.717, 1.165) is 11.5 Å². The number of aromatic nitrogens is 4. The van der Waals surface area contributed by atoms with Crippen molar-refractivity contribution >= 4 is 34.1 Å². The molecule has 0 amide bonds. The Morgan fingerprint density at radius 3 is 2.81 bits per heavy atom. The van der Waals surface area contributed by atoms with E-state index >= 15 is 0 Å². The Morgan fingerprint density at radius 1 is 1.38 bits per heavy atom. The van der Waals surface area contributed by atoms with E-state index in [1.54, 1.807) is 18.4 Å². The summed E-state index contributed by atoms with van der Waals surface area (Å²) >= 11 is 7.98. The molecule has 0 N–H and O–H groups in total. The molecule has 1 atom stereocenters. The van der Waals surface area contributed by atoms with Gasteiger partial charge in [-0.25, -0.2) is 9.97 Å². The number of hydrogen-bond donors (Lipinski definition) is 0. The molecule has 3 rings (SSSR count). The van der Waals surface area contributed by atoms with Crippen molar-refractivity contribution in [1.82, 2.24) is 19.5 Å². The third-order valence-corrected chi connectivity index (χ3v) is 4.47. The zero-order valence-corrected chi connectivity index (χ0v) is 13.6. The topological polar surface area (TPSA) is 52.8 Å². The number of halogens is 1. The smallest absolute Gasteiger partial charge is 0.245 e. The fraction of sp³-hybridized carbons (Fsp3) is 0.357. The van der Waals surface area contributed by atoms with Gasteiger partial charge in [0.1, 0.15) is 12.2 Å². The molecule has 0 radical (unpaired) electrons. The van der Waals surface area contributed by atoms with Crippen LogP contribution < -0.4 is 4.74 Å². The summed E-state index contributed by atoms with van der Waals surface area (Å²) in [6, 6.07) is 0. The van der Waals surface area contributed by atoms with Gasteiger partial charge in [0.25, 0.3) is 0 Å². The minimum Gasteiger partial charge on any atom is -0.479 e. The minimum atomic E-state index is -0.220. The molecule has 0 aliphatic carbocycles. The van der Waals surface area contributed by atoms with Gasteiger partial charge in [0, 0.05) is 0 Å². The lowest BCUT2D eigenvalue weighted by molar-refractivity contribution is 0.401. The largest absolute Gasteiger partial charge is 0.479 e. The number of thiophene rings is 1. The Balaban J connectivity index is 2.19. The molecule has 0 saturated carbocycles. The van der Waals surface area contributed by atoms with E-state index in [1.165, 1.54) is 17.5 Å². The van der Waals surface area contributed by atoms with Crippen molar-refractivity contribution in [3.05, 3.63) is 34.0 Å². The molecule has 3 heterocycles. The summed E-state index contributed by atoms with van der Waals surface area (Å²) in [5.74, 6) is 1.25. The Kier molecular flexibility index (Phi) is 3.82. The molecule has 7 heteroatoms. The average molecular weight is 323 g/mol. The van der Waals surface area contributed by atoms with Crippen LogP contribution in [-0.4, -0.2) is 26.6 Å². The first kappa shape index (κ1) is 14.3. The van der Waals surface area contributed by atoms with Crippen molar-refractivity contribution in [3.8, 4) is 5.88 Å². The lowest BCUT2D eigenvalue weighted by atomic mass is 10.2. The fourth-order valence-electron chi connectivity index (χ4n) is 2.26. The molecule has 0 aliphatic rings. The fourth-order valence-corrected chi connectivity index (χ4v) is 3.28. The quantitative estimate of drug-likeness (QED) is 0.689. The van der Waals surface area contributed by atoms with Gasteiger partial charge in [0.05, 0.1) is 19.0 Å².